The van der Waals surface area contributed by atoms with Gasteiger partial charge < -0.3 is 5.32 Å². The lowest BCUT2D eigenvalue weighted by atomic mass is 9.71. The van der Waals surface area contributed by atoms with Gasteiger partial charge in [-0.2, -0.15) is 0 Å². The van der Waals surface area contributed by atoms with Crippen molar-refractivity contribution in [2.24, 2.45) is 5.41 Å². The zero-order valence-electron chi connectivity index (χ0n) is 10.9. The molecule has 0 amide bonds. The molecule has 2 saturated carbocycles. The average molecular weight is 259 g/mol. The molecule has 17 heavy (non-hydrogen) atoms. The molecule has 2 rings (SSSR count). The van der Waals surface area contributed by atoms with Crippen LogP contribution in [-0.2, 0) is 9.84 Å². The van der Waals surface area contributed by atoms with Gasteiger partial charge in [-0.05, 0) is 43.9 Å². The summed E-state index contributed by atoms with van der Waals surface area (Å²) in [6.07, 6.45) is 12.2. The number of hydrogen-bond acceptors (Lipinski definition) is 3. The standard InChI is InChI=1S/C13H25NO2S/c1-17(15,16)11-10-14-12-4-8-13(9-5-12)6-2-3-7-13/h12,14H,2-11H2,1H3. The highest BCUT2D eigenvalue weighted by Gasteiger charge is 2.37. The van der Waals surface area contributed by atoms with Gasteiger partial charge in [0.1, 0.15) is 9.84 Å². The van der Waals surface area contributed by atoms with E-state index in [-0.39, 0.29) is 5.75 Å². The summed E-state index contributed by atoms with van der Waals surface area (Å²) in [5, 5.41) is 3.41. The Morgan fingerprint density at radius 3 is 2.24 bits per heavy atom. The molecular weight excluding hydrogens is 234 g/mol. The van der Waals surface area contributed by atoms with Crippen molar-refractivity contribution in [2.45, 2.75) is 57.4 Å². The van der Waals surface area contributed by atoms with Gasteiger partial charge in [-0.3, -0.25) is 0 Å². The molecule has 0 heterocycles. The second-order valence-corrected chi connectivity index (χ2v) is 8.33. The van der Waals surface area contributed by atoms with Crippen molar-refractivity contribution < 1.29 is 8.42 Å². The van der Waals surface area contributed by atoms with Gasteiger partial charge in [0.2, 0.25) is 0 Å². The van der Waals surface area contributed by atoms with E-state index in [9.17, 15) is 8.42 Å². The van der Waals surface area contributed by atoms with Crippen LogP contribution < -0.4 is 5.32 Å². The Balaban J connectivity index is 1.69. The fourth-order valence-electron chi connectivity index (χ4n) is 3.51. The number of sulfone groups is 1. The predicted molar refractivity (Wildman–Crippen MR) is 70.9 cm³/mol. The summed E-state index contributed by atoms with van der Waals surface area (Å²) in [6.45, 7) is 0.622. The van der Waals surface area contributed by atoms with Crippen LogP contribution in [0.25, 0.3) is 0 Å². The highest BCUT2D eigenvalue weighted by molar-refractivity contribution is 7.90. The van der Waals surface area contributed by atoms with Crippen LogP contribution in [0.3, 0.4) is 0 Å². The molecule has 100 valence electrons. The minimum atomic E-state index is -2.81. The van der Waals surface area contributed by atoms with Crippen LogP contribution in [0.15, 0.2) is 0 Å². The lowest BCUT2D eigenvalue weighted by molar-refractivity contribution is 0.169. The molecule has 0 aromatic heterocycles. The second-order valence-electron chi connectivity index (χ2n) is 6.07. The van der Waals surface area contributed by atoms with Crippen molar-refractivity contribution in [1.82, 2.24) is 5.32 Å². The van der Waals surface area contributed by atoms with Gasteiger partial charge in [0.05, 0.1) is 5.75 Å². The molecule has 0 aromatic carbocycles. The maximum Gasteiger partial charge on any atom is 0.148 e. The minimum Gasteiger partial charge on any atom is -0.313 e. The summed E-state index contributed by atoms with van der Waals surface area (Å²) >= 11 is 0. The fraction of sp³-hybridized carbons (Fsp3) is 1.00. The quantitative estimate of drug-likeness (QED) is 0.841. The molecule has 0 radical (unpaired) electrons. The third-order valence-electron chi connectivity index (χ3n) is 4.62. The van der Waals surface area contributed by atoms with E-state index in [1.165, 1.54) is 57.6 Å². The third-order valence-corrected chi connectivity index (χ3v) is 5.56. The molecule has 0 unspecified atom stereocenters. The molecule has 1 spiro atoms. The Labute approximate surface area is 105 Å². The van der Waals surface area contributed by atoms with E-state index in [0.29, 0.717) is 18.0 Å². The molecule has 0 aromatic rings. The van der Waals surface area contributed by atoms with E-state index in [4.69, 9.17) is 0 Å². The van der Waals surface area contributed by atoms with Crippen LogP contribution in [-0.4, -0.2) is 33.0 Å². The van der Waals surface area contributed by atoms with Gasteiger partial charge in [0.25, 0.3) is 0 Å². The topological polar surface area (TPSA) is 46.2 Å². The highest BCUT2D eigenvalue weighted by atomic mass is 32.2. The van der Waals surface area contributed by atoms with E-state index in [0.717, 1.165) is 0 Å². The van der Waals surface area contributed by atoms with Crippen molar-refractivity contribution in [3.8, 4) is 0 Å². The lowest BCUT2D eigenvalue weighted by Gasteiger charge is -2.37. The van der Waals surface area contributed by atoms with Crippen LogP contribution in [0.2, 0.25) is 0 Å². The van der Waals surface area contributed by atoms with Crippen LogP contribution in [0.4, 0.5) is 0 Å². The molecule has 2 aliphatic rings. The monoisotopic (exact) mass is 259 g/mol. The van der Waals surface area contributed by atoms with Crippen LogP contribution >= 0.6 is 0 Å². The summed E-state index contributed by atoms with van der Waals surface area (Å²) in [5.74, 6) is 0.272. The van der Waals surface area contributed by atoms with Crippen LogP contribution in [0, 0.1) is 5.41 Å². The fourth-order valence-corrected chi connectivity index (χ4v) is 4.00. The molecule has 0 atom stereocenters. The van der Waals surface area contributed by atoms with Crippen molar-refractivity contribution in [1.29, 1.82) is 0 Å². The van der Waals surface area contributed by atoms with E-state index < -0.39 is 9.84 Å². The SMILES string of the molecule is CS(=O)(=O)CCNC1CCC2(CCCC2)CC1. The van der Waals surface area contributed by atoms with Gasteiger partial charge >= 0.3 is 0 Å². The Kier molecular flexibility index (Phi) is 4.14. The van der Waals surface area contributed by atoms with E-state index in [1.54, 1.807) is 0 Å². The normalized spacial score (nSPS) is 25.5. The van der Waals surface area contributed by atoms with E-state index in [1.807, 2.05) is 0 Å². The summed E-state index contributed by atoms with van der Waals surface area (Å²) < 4.78 is 22.1. The molecule has 2 aliphatic carbocycles. The second kappa shape index (κ2) is 5.27. The number of hydrogen-bond donors (Lipinski definition) is 1. The Morgan fingerprint density at radius 2 is 1.71 bits per heavy atom. The smallest absolute Gasteiger partial charge is 0.148 e. The Hall–Kier alpha value is -0.0900. The van der Waals surface area contributed by atoms with Crippen LogP contribution in [0.5, 0.6) is 0 Å². The lowest BCUT2D eigenvalue weighted by Crippen LogP contribution is -2.38. The highest BCUT2D eigenvalue weighted by Crippen LogP contribution is 2.48. The molecule has 4 heteroatoms. The first-order valence-electron chi connectivity index (χ1n) is 6.90. The summed E-state index contributed by atoms with van der Waals surface area (Å²) in [7, 11) is -2.81. The Bertz CT molecular complexity index is 334. The summed E-state index contributed by atoms with van der Waals surface area (Å²) in [4.78, 5) is 0. The van der Waals surface area contributed by atoms with Crippen LogP contribution in [0.1, 0.15) is 51.4 Å². The maximum absolute atomic E-state index is 11.0. The number of rotatable bonds is 4. The molecule has 0 bridgehead atoms. The van der Waals surface area contributed by atoms with E-state index in [2.05, 4.69) is 5.32 Å². The first kappa shape index (κ1) is 13.3. The largest absolute Gasteiger partial charge is 0.313 e. The Morgan fingerprint density at radius 1 is 1.12 bits per heavy atom. The summed E-state index contributed by atoms with van der Waals surface area (Å²) in [6, 6.07) is 0.558. The molecule has 0 saturated heterocycles. The van der Waals surface area contributed by atoms with Gasteiger partial charge in [0, 0.05) is 18.8 Å². The predicted octanol–water partition coefficient (Wildman–Crippen LogP) is 2.12. The molecule has 2 fully saturated rings. The van der Waals surface area contributed by atoms with Crippen molar-refractivity contribution in [2.75, 3.05) is 18.6 Å². The van der Waals surface area contributed by atoms with Gasteiger partial charge in [0.15, 0.2) is 0 Å². The molecule has 0 aliphatic heterocycles. The van der Waals surface area contributed by atoms with Crippen molar-refractivity contribution >= 4 is 9.84 Å². The molecular formula is C13H25NO2S. The average Bonchev–Trinajstić information content (AvgIpc) is 2.68. The summed E-state index contributed by atoms with van der Waals surface area (Å²) in [5.41, 5.74) is 0.676. The minimum absolute atomic E-state index is 0.272. The van der Waals surface area contributed by atoms with E-state index >= 15 is 0 Å². The first-order valence-corrected chi connectivity index (χ1v) is 8.96. The maximum atomic E-state index is 11.0. The number of nitrogens with one attached hydrogen (secondary N) is 1. The first-order chi connectivity index (χ1) is 7.99. The van der Waals surface area contributed by atoms with Gasteiger partial charge in [-0.1, -0.05) is 12.8 Å². The zero-order valence-corrected chi connectivity index (χ0v) is 11.7. The van der Waals surface area contributed by atoms with Crippen molar-refractivity contribution in [3.63, 3.8) is 0 Å². The molecule has 1 N–H and O–H groups in total. The third kappa shape index (κ3) is 3.95. The van der Waals surface area contributed by atoms with Gasteiger partial charge in [-0.15, -0.1) is 0 Å². The molecule has 3 nitrogen and oxygen atoms in total. The van der Waals surface area contributed by atoms with Gasteiger partial charge in [-0.25, -0.2) is 8.42 Å². The van der Waals surface area contributed by atoms with Crippen molar-refractivity contribution in [3.05, 3.63) is 0 Å². The zero-order chi connectivity index (χ0) is 12.4.